The van der Waals surface area contributed by atoms with Crippen LogP contribution in [-0.4, -0.2) is 24.5 Å². The number of hydrogen-bond donors (Lipinski definition) is 1. The van der Waals surface area contributed by atoms with E-state index >= 15 is 0 Å². The second-order valence-electron chi connectivity index (χ2n) is 4.89. The summed E-state index contributed by atoms with van der Waals surface area (Å²) in [6.45, 7) is 1.38. The van der Waals surface area contributed by atoms with Crippen molar-refractivity contribution in [1.29, 1.82) is 0 Å². The van der Waals surface area contributed by atoms with E-state index in [1.54, 1.807) is 12.1 Å². The van der Waals surface area contributed by atoms with Gasteiger partial charge in [-0.2, -0.15) is 0 Å². The van der Waals surface area contributed by atoms with Crippen LogP contribution in [0.3, 0.4) is 0 Å². The lowest BCUT2D eigenvalue weighted by Gasteiger charge is -2.24. The number of ether oxygens (including phenoxy) is 1. The van der Waals surface area contributed by atoms with Gasteiger partial charge in [0.25, 0.3) is 0 Å². The Morgan fingerprint density at radius 3 is 2.80 bits per heavy atom. The van der Waals surface area contributed by atoms with Gasteiger partial charge in [-0.15, -0.1) is 0 Å². The lowest BCUT2D eigenvalue weighted by molar-refractivity contribution is 0.0489. The molecule has 1 aliphatic rings. The third-order valence-corrected chi connectivity index (χ3v) is 3.50. The smallest absolute Gasteiger partial charge is 0.115 e. The maximum absolute atomic E-state index is 9.23. The number of phenolic OH excluding ortho intramolecular Hbond substituents is 1. The molecule has 0 radical (unpaired) electrons. The highest BCUT2D eigenvalue weighted by molar-refractivity contribution is 5.79. The third kappa shape index (κ3) is 2.89. The number of fused-ring (bicyclic) bond motifs is 1. The van der Waals surface area contributed by atoms with E-state index in [0.717, 1.165) is 18.6 Å². The molecule has 0 unspecified atom stereocenters. The Morgan fingerprint density at radius 1 is 1.15 bits per heavy atom. The maximum atomic E-state index is 9.23. The number of aliphatic imine (C=N–C) groups is 1. The van der Waals surface area contributed by atoms with Gasteiger partial charge < -0.3 is 9.84 Å². The first-order valence-electron chi connectivity index (χ1n) is 6.81. The van der Waals surface area contributed by atoms with Gasteiger partial charge in [0, 0.05) is 6.21 Å². The van der Waals surface area contributed by atoms with E-state index in [1.807, 2.05) is 24.4 Å². The molecule has 0 spiro atoms. The molecule has 0 aliphatic carbocycles. The fourth-order valence-corrected chi connectivity index (χ4v) is 2.44. The number of phenols is 1. The molecule has 1 heterocycles. The van der Waals surface area contributed by atoms with Crippen LogP contribution in [0, 0.1) is 0 Å². The quantitative estimate of drug-likeness (QED) is 0.868. The van der Waals surface area contributed by atoms with Crippen molar-refractivity contribution < 1.29 is 9.84 Å². The highest BCUT2D eigenvalue weighted by atomic mass is 16.5. The molecule has 1 N–H and O–H groups in total. The van der Waals surface area contributed by atoms with Crippen molar-refractivity contribution in [2.45, 2.75) is 12.5 Å². The van der Waals surface area contributed by atoms with Crippen molar-refractivity contribution in [1.82, 2.24) is 0 Å². The maximum Gasteiger partial charge on any atom is 0.115 e. The van der Waals surface area contributed by atoms with Gasteiger partial charge in [0.1, 0.15) is 11.9 Å². The standard InChI is InChI=1S/C17H17NO2/c19-15-7-5-13(6-8-15)11-18-12-17-16-4-2-1-3-14(16)9-10-20-17/h1-8,11,17,19H,9-10,12H2/t17-/m0/s1. The van der Waals surface area contributed by atoms with Crippen molar-refractivity contribution in [3.63, 3.8) is 0 Å². The molecule has 2 aromatic carbocycles. The predicted octanol–water partition coefficient (Wildman–Crippen LogP) is 3.13. The van der Waals surface area contributed by atoms with E-state index in [-0.39, 0.29) is 11.9 Å². The van der Waals surface area contributed by atoms with Gasteiger partial charge in [-0.25, -0.2) is 0 Å². The zero-order chi connectivity index (χ0) is 13.8. The largest absolute Gasteiger partial charge is 0.508 e. The third-order valence-electron chi connectivity index (χ3n) is 3.50. The molecule has 1 aliphatic heterocycles. The van der Waals surface area contributed by atoms with Gasteiger partial charge in [0.05, 0.1) is 13.2 Å². The van der Waals surface area contributed by atoms with Crippen LogP contribution < -0.4 is 0 Å². The summed E-state index contributed by atoms with van der Waals surface area (Å²) in [5, 5.41) is 9.23. The minimum absolute atomic E-state index is 0.0494. The Balaban J connectivity index is 1.69. The van der Waals surface area contributed by atoms with Gasteiger partial charge in [0.15, 0.2) is 0 Å². The fraction of sp³-hybridized carbons (Fsp3) is 0.235. The van der Waals surface area contributed by atoms with Crippen molar-refractivity contribution in [2.24, 2.45) is 4.99 Å². The minimum atomic E-state index is 0.0494. The van der Waals surface area contributed by atoms with Crippen molar-refractivity contribution in [3.8, 4) is 5.75 Å². The van der Waals surface area contributed by atoms with Gasteiger partial charge in [0.2, 0.25) is 0 Å². The van der Waals surface area contributed by atoms with Crippen molar-refractivity contribution in [2.75, 3.05) is 13.2 Å². The first-order chi connectivity index (χ1) is 9.83. The van der Waals surface area contributed by atoms with Gasteiger partial charge >= 0.3 is 0 Å². The molecule has 2 aromatic rings. The summed E-state index contributed by atoms with van der Waals surface area (Å²) in [6.07, 6.45) is 2.85. The molecule has 1 atom stereocenters. The van der Waals surface area contributed by atoms with Crippen LogP contribution in [0.25, 0.3) is 0 Å². The number of nitrogens with zero attached hydrogens (tertiary/aromatic N) is 1. The Kier molecular flexibility index (Phi) is 3.79. The second kappa shape index (κ2) is 5.88. The summed E-state index contributed by atoms with van der Waals surface area (Å²) in [5.41, 5.74) is 3.59. The average molecular weight is 267 g/mol. The fourth-order valence-electron chi connectivity index (χ4n) is 2.44. The number of aromatic hydroxyl groups is 1. The van der Waals surface area contributed by atoms with Crippen molar-refractivity contribution >= 4 is 6.21 Å². The Morgan fingerprint density at radius 2 is 1.95 bits per heavy atom. The number of benzene rings is 2. The monoisotopic (exact) mass is 267 g/mol. The molecule has 3 nitrogen and oxygen atoms in total. The Hall–Kier alpha value is -2.13. The van der Waals surface area contributed by atoms with E-state index < -0.39 is 0 Å². The van der Waals surface area contributed by atoms with Crippen LogP contribution in [0.15, 0.2) is 53.5 Å². The second-order valence-corrected chi connectivity index (χ2v) is 4.89. The molecule has 0 aromatic heterocycles. The molecule has 3 heteroatoms. The van der Waals surface area contributed by atoms with E-state index in [2.05, 4.69) is 23.2 Å². The van der Waals surface area contributed by atoms with E-state index in [4.69, 9.17) is 4.74 Å². The van der Waals surface area contributed by atoms with Crippen LogP contribution in [0.4, 0.5) is 0 Å². The molecule has 0 fully saturated rings. The first kappa shape index (κ1) is 12.9. The van der Waals surface area contributed by atoms with Gasteiger partial charge in [-0.05, 0) is 47.4 Å². The van der Waals surface area contributed by atoms with Crippen LogP contribution in [0.5, 0.6) is 5.75 Å². The Bertz CT molecular complexity index is 605. The molecule has 102 valence electrons. The topological polar surface area (TPSA) is 41.8 Å². The van der Waals surface area contributed by atoms with E-state index in [1.165, 1.54) is 11.1 Å². The summed E-state index contributed by atoms with van der Waals surface area (Å²) in [5.74, 6) is 0.270. The Labute approximate surface area is 118 Å². The lowest BCUT2D eigenvalue weighted by atomic mass is 9.98. The molecule has 0 saturated heterocycles. The molecule has 0 saturated carbocycles. The SMILES string of the molecule is Oc1ccc(C=NC[C@@H]2OCCc3ccccc32)cc1. The molecular weight excluding hydrogens is 250 g/mol. The molecular formula is C17H17NO2. The summed E-state index contributed by atoms with van der Waals surface area (Å²) in [7, 11) is 0. The van der Waals surface area contributed by atoms with Gasteiger partial charge in [-0.1, -0.05) is 24.3 Å². The molecule has 20 heavy (non-hydrogen) atoms. The van der Waals surface area contributed by atoms with Crippen LogP contribution >= 0.6 is 0 Å². The summed E-state index contributed by atoms with van der Waals surface area (Å²) in [6, 6.07) is 15.4. The van der Waals surface area contributed by atoms with Crippen LogP contribution in [0.1, 0.15) is 22.8 Å². The zero-order valence-electron chi connectivity index (χ0n) is 11.2. The highest BCUT2D eigenvalue weighted by Crippen LogP contribution is 2.26. The summed E-state index contributed by atoms with van der Waals surface area (Å²) < 4.78 is 5.81. The average Bonchev–Trinajstić information content (AvgIpc) is 2.49. The highest BCUT2D eigenvalue weighted by Gasteiger charge is 2.19. The number of rotatable bonds is 3. The van der Waals surface area contributed by atoms with Crippen LogP contribution in [0.2, 0.25) is 0 Å². The first-order valence-corrected chi connectivity index (χ1v) is 6.81. The summed E-state index contributed by atoms with van der Waals surface area (Å²) >= 11 is 0. The normalized spacial score (nSPS) is 18.1. The predicted molar refractivity (Wildman–Crippen MR) is 79.4 cm³/mol. The molecule has 0 amide bonds. The lowest BCUT2D eigenvalue weighted by Crippen LogP contribution is -2.18. The zero-order valence-corrected chi connectivity index (χ0v) is 11.2. The van der Waals surface area contributed by atoms with E-state index in [0.29, 0.717) is 6.54 Å². The van der Waals surface area contributed by atoms with Crippen molar-refractivity contribution in [3.05, 3.63) is 65.2 Å². The molecule has 3 rings (SSSR count). The number of hydrogen-bond acceptors (Lipinski definition) is 3. The molecule has 0 bridgehead atoms. The van der Waals surface area contributed by atoms with Gasteiger partial charge in [-0.3, -0.25) is 4.99 Å². The summed E-state index contributed by atoms with van der Waals surface area (Å²) in [4.78, 5) is 4.46. The van der Waals surface area contributed by atoms with Crippen LogP contribution in [-0.2, 0) is 11.2 Å². The minimum Gasteiger partial charge on any atom is -0.508 e. The van der Waals surface area contributed by atoms with E-state index in [9.17, 15) is 5.11 Å².